The summed E-state index contributed by atoms with van der Waals surface area (Å²) in [5.74, 6) is -0.281. The maximum atomic E-state index is 12.2. The van der Waals surface area contributed by atoms with Gasteiger partial charge < -0.3 is 10.0 Å². The minimum atomic E-state index is -3.52. The van der Waals surface area contributed by atoms with E-state index in [2.05, 4.69) is 11.3 Å². The van der Waals surface area contributed by atoms with Gasteiger partial charge in [0.2, 0.25) is 10.0 Å². The Bertz CT molecular complexity index is 581. The molecule has 1 aromatic carbocycles. The van der Waals surface area contributed by atoms with Gasteiger partial charge in [0.05, 0.1) is 11.5 Å². The third kappa shape index (κ3) is 4.66. The summed E-state index contributed by atoms with van der Waals surface area (Å²) in [5, 5.41) is 8.95. The van der Waals surface area contributed by atoms with Gasteiger partial charge in [-0.25, -0.2) is 13.1 Å². The fraction of sp³-hybridized carbons (Fsp3) is 0.357. The second-order valence-corrected chi connectivity index (χ2v) is 6.06. The van der Waals surface area contributed by atoms with Crippen molar-refractivity contribution >= 4 is 15.9 Å². The van der Waals surface area contributed by atoms with Gasteiger partial charge in [-0.1, -0.05) is 13.0 Å². The molecule has 0 atom stereocenters. The highest BCUT2D eigenvalue weighted by Crippen LogP contribution is 2.12. The number of aliphatic hydroxyl groups excluding tert-OH is 1. The van der Waals surface area contributed by atoms with Gasteiger partial charge in [0, 0.05) is 25.2 Å². The molecule has 0 bridgehead atoms. The lowest BCUT2D eigenvalue weighted by molar-refractivity contribution is 0.0743. The molecule has 7 heteroatoms. The van der Waals surface area contributed by atoms with Crippen LogP contribution in [0.2, 0.25) is 0 Å². The van der Waals surface area contributed by atoms with Gasteiger partial charge in [0.25, 0.3) is 5.91 Å². The summed E-state index contributed by atoms with van der Waals surface area (Å²) in [6.07, 6.45) is 1.57. The molecule has 116 valence electrons. The Morgan fingerprint density at radius 2 is 2.00 bits per heavy atom. The average molecular weight is 312 g/mol. The van der Waals surface area contributed by atoms with E-state index in [1.807, 2.05) is 0 Å². The molecule has 1 amide bonds. The lowest BCUT2D eigenvalue weighted by Crippen LogP contribution is -2.33. The largest absolute Gasteiger partial charge is 0.395 e. The third-order valence-electron chi connectivity index (χ3n) is 2.75. The molecule has 1 rings (SSSR count). The van der Waals surface area contributed by atoms with Crippen LogP contribution in [-0.4, -0.2) is 50.6 Å². The second kappa shape index (κ2) is 7.92. The van der Waals surface area contributed by atoms with E-state index in [0.717, 1.165) is 0 Å². The quantitative estimate of drug-likeness (QED) is 0.688. The van der Waals surface area contributed by atoms with E-state index in [9.17, 15) is 13.2 Å². The predicted molar refractivity (Wildman–Crippen MR) is 80.5 cm³/mol. The Kier molecular flexibility index (Phi) is 6.54. The summed E-state index contributed by atoms with van der Waals surface area (Å²) in [5.41, 5.74) is 0.362. The van der Waals surface area contributed by atoms with Gasteiger partial charge >= 0.3 is 0 Å². The Hall–Kier alpha value is -1.70. The van der Waals surface area contributed by atoms with Crippen LogP contribution in [0.25, 0.3) is 0 Å². The van der Waals surface area contributed by atoms with Crippen LogP contribution >= 0.6 is 0 Å². The Morgan fingerprint density at radius 3 is 2.48 bits per heavy atom. The van der Waals surface area contributed by atoms with E-state index >= 15 is 0 Å². The summed E-state index contributed by atoms with van der Waals surface area (Å²) < 4.78 is 26.0. The summed E-state index contributed by atoms with van der Waals surface area (Å²) in [6, 6.07) is 5.69. The van der Waals surface area contributed by atoms with Crippen LogP contribution < -0.4 is 4.72 Å². The first-order valence-corrected chi connectivity index (χ1v) is 8.05. The van der Waals surface area contributed by atoms with Crippen molar-refractivity contribution in [3.63, 3.8) is 0 Å². The minimum Gasteiger partial charge on any atom is -0.395 e. The highest BCUT2D eigenvalue weighted by Gasteiger charge is 2.16. The molecular formula is C14H20N2O4S. The van der Waals surface area contributed by atoms with Crippen LogP contribution in [0.3, 0.4) is 0 Å². The Balaban J connectivity index is 2.95. The molecule has 0 heterocycles. The van der Waals surface area contributed by atoms with E-state index in [4.69, 9.17) is 5.11 Å². The molecular weight excluding hydrogens is 292 g/mol. The summed E-state index contributed by atoms with van der Waals surface area (Å²) in [6.45, 7) is 5.92. The molecule has 0 aromatic heterocycles. The zero-order valence-electron chi connectivity index (χ0n) is 11.9. The Morgan fingerprint density at radius 1 is 1.38 bits per heavy atom. The van der Waals surface area contributed by atoms with Gasteiger partial charge in [0.1, 0.15) is 0 Å². The van der Waals surface area contributed by atoms with E-state index in [1.165, 1.54) is 29.2 Å². The highest BCUT2D eigenvalue weighted by atomic mass is 32.2. The standard InChI is InChI=1S/C14H20N2O4S/c1-3-9-16(10-11-17)14(18)12-5-7-13(8-6-12)21(19,20)15-4-2/h3,5-8,15,17H,1,4,9-11H2,2H3. The molecule has 0 fully saturated rings. The number of rotatable bonds is 8. The summed E-state index contributed by atoms with van der Waals surface area (Å²) in [7, 11) is -3.52. The molecule has 0 spiro atoms. The maximum absolute atomic E-state index is 12.2. The van der Waals surface area contributed by atoms with Crippen molar-refractivity contribution in [2.45, 2.75) is 11.8 Å². The van der Waals surface area contributed by atoms with Gasteiger partial charge in [-0.3, -0.25) is 4.79 Å². The molecule has 0 saturated heterocycles. The number of amides is 1. The SMILES string of the molecule is C=CCN(CCO)C(=O)c1ccc(S(=O)(=O)NCC)cc1. The minimum absolute atomic E-state index is 0.110. The number of hydrogen-bond donors (Lipinski definition) is 2. The fourth-order valence-corrected chi connectivity index (χ4v) is 2.83. The number of aliphatic hydroxyl groups is 1. The lowest BCUT2D eigenvalue weighted by Gasteiger charge is -2.20. The first-order chi connectivity index (χ1) is 9.96. The summed E-state index contributed by atoms with van der Waals surface area (Å²) in [4.78, 5) is 13.8. The van der Waals surface area contributed by atoms with E-state index < -0.39 is 10.0 Å². The monoisotopic (exact) mass is 312 g/mol. The summed E-state index contributed by atoms with van der Waals surface area (Å²) >= 11 is 0. The topological polar surface area (TPSA) is 86.7 Å². The molecule has 0 aliphatic rings. The molecule has 0 aliphatic carbocycles. The van der Waals surface area contributed by atoms with Crippen LogP contribution in [-0.2, 0) is 10.0 Å². The van der Waals surface area contributed by atoms with Crippen molar-refractivity contribution in [2.75, 3.05) is 26.2 Å². The van der Waals surface area contributed by atoms with Crippen molar-refractivity contribution in [2.24, 2.45) is 0 Å². The van der Waals surface area contributed by atoms with Crippen molar-refractivity contribution in [3.8, 4) is 0 Å². The highest BCUT2D eigenvalue weighted by molar-refractivity contribution is 7.89. The number of sulfonamides is 1. The first-order valence-electron chi connectivity index (χ1n) is 6.57. The molecule has 21 heavy (non-hydrogen) atoms. The molecule has 0 radical (unpaired) electrons. The lowest BCUT2D eigenvalue weighted by atomic mass is 10.2. The van der Waals surface area contributed by atoms with E-state index in [0.29, 0.717) is 18.7 Å². The predicted octanol–water partition coefficient (Wildman–Crippen LogP) is 0.605. The van der Waals surface area contributed by atoms with Crippen molar-refractivity contribution in [1.82, 2.24) is 9.62 Å². The van der Waals surface area contributed by atoms with Crippen molar-refractivity contribution in [1.29, 1.82) is 0 Å². The number of nitrogens with one attached hydrogen (secondary N) is 1. The molecule has 0 unspecified atom stereocenters. The van der Waals surface area contributed by atoms with Gasteiger partial charge in [-0.05, 0) is 24.3 Å². The molecule has 6 nitrogen and oxygen atoms in total. The zero-order chi connectivity index (χ0) is 15.9. The molecule has 0 aliphatic heterocycles. The molecule has 2 N–H and O–H groups in total. The van der Waals surface area contributed by atoms with Crippen LogP contribution in [0.5, 0.6) is 0 Å². The zero-order valence-corrected chi connectivity index (χ0v) is 12.8. The average Bonchev–Trinajstić information content (AvgIpc) is 2.46. The third-order valence-corrected chi connectivity index (χ3v) is 4.31. The second-order valence-electron chi connectivity index (χ2n) is 4.29. The number of benzene rings is 1. The fourth-order valence-electron chi connectivity index (χ4n) is 1.78. The maximum Gasteiger partial charge on any atom is 0.254 e. The number of carbonyl (C=O) groups is 1. The van der Waals surface area contributed by atoms with Crippen LogP contribution in [0.4, 0.5) is 0 Å². The van der Waals surface area contributed by atoms with Crippen molar-refractivity contribution in [3.05, 3.63) is 42.5 Å². The van der Waals surface area contributed by atoms with E-state index in [-0.39, 0.29) is 24.0 Å². The Labute approximate surface area is 125 Å². The van der Waals surface area contributed by atoms with Crippen LogP contribution in [0.15, 0.2) is 41.8 Å². The molecule has 0 saturated carbocycles. The smallest absolute Gasteiger partial charge is 0.254 e. The van der Waals surface area contributed by atoms with Gasteiger partial charge in [0.15, 0.2) is 0 Å². The van der Waals surface area contributed by atoms with Gasteiger partial charge in [-0.15, -0.1) is 6.58 Å². The van der Waals surface area contributed by atoms with Crippen molar-refractivity contribution < 1.29 is 18.3 Å². The van der Waals surface area contributed by atoms with E-state index in [1.54, 1.807) is 13.0 Å². The molecule has 1 aromatic rings. The van der Waals surface area contributed by atoms with Gasteiger partial charge in [-0.2, -0.15) is 0 Å². The number of carbonyl (C=O) groups excluding carboxylic acids is 1. The normalized spacial score (nSPS) is 11.1. The number of hydrogen-bond acceptors (Lipinski definition) is 4. The first kappa shape index (κ1) is 17.4. The van der Waals surface area contributed by atoms with Crippen LogP contribution in [0.1, 0.15) is 17.3 Å². The number of nitrogens with zero attached hydrogens (tertiary/aromatic N) is 1. The van der Waals surface area contributed by atoms with Crippen LogP contribution in [0, 0.1) is 0 Å².